The molecule has 1 N–H and O–H groups in total. The predicted molar refractivity (Wildman–Crippen MR) is 62.9 cm³/mol. The number of halogens is 1. The Morgan fingerprint density at radius 3 is 3.00 bits per heavy atom. The zero-order valence-corrected chi connectivity index (χ0v) is 9.80. The van der Waals surface area contributed by atoms with Gasteiger partial charge in [-0.15, -0.1) is 0 Å². The van der Waals surface area contributed by atoms with Crippen molar-refractivity contribution in [2.45, 2.75) is 38.8 Å². The largest absolute Gasteiger partial charge is 0.310 e. The summed E-state index contributed by atoms with van der Waals surface area (Å²) < 4.78 is 0. The van der Waals surface area contributed by atoms with Crippen molar-refractivity contribution >= 4 is 11.6 Å². The minimum atomic E-state index is 0.593. The maximum atomic E-state index is 5.98. The summed E-state index contributed by atoms with van der Waals surface area (Å²) in [6, 6.07) is 4.54. The SMILES string of the molecule is CC(NCc1cccnc1Cl)C1CCC1. The Kier molecular flexibility index (Phi) is 3.60. The molecule has 2 nitrogen and oxygen atoms in total. The minimum Gasteiger partial charge on any atom is -0.310 e. The molecular formula is C12H17ClN2. The van der Waals surface area contributed by atoms with Gasteiger partial charge in [0.1, 0.15) is 5.15 Å². The van der Waals surface area contributed by atoms with Crippen molar-refractivity contribution in [2.24, 2.45) is 5.92 Å². The summed E-state index contributed by atoms with van der Waals surface area (Å²) in [6.07, 6.45) is 5.86. The monoisotopic (exact) mass is 224 g/mol. The molecule has 0 bridgehead atoms. The number of nitrogens with zero attached hydrogens (tertiary/aromatic N) is 1. The van der Waals surface area contributed by atoms with Gasteiger partial charge < -0.3 is 5.32 Å². The van der Waals surface area contributed by atoms with Gasteiger partial charge in [-0.2, -0.15) is 0 Å². The maximum absolute atomic E-state index is 5.98. The van der Waals surface area contributed by atoms with Crippen LogP contribution < -0.4 is 5.32 Å². The van der Waals surface area contributed by atoms with E-state index in [-0.39, 0.29) is 0 Å². The fourth-order valence-corrected chi connectivity index (χ4v) is 2.11. The van der Waals surface area contributed by atoms with E-state index in [1.54, 1.807) is 6.20 Å². The highest BCUT2D eigenvalue weighted by Gasteiger charge is 2.23. The molecule has 0 amide bonds. The second kappa shape index (κ2) is 4.95. The molecule has 1 heterocycles. The Morgan fingerprint density at radius 2 is 2.40 bits per heavy atom. The van der Waals surface area contributed by atoms with Crippen LogP contribution in [0.3, 0.4) is 0 Å². The van der Waals surface area contributed by atoms with Crippen molar-refractivity contribution in [3.05, 3.63) is 29.0 Å². The highest BCUT2D eigenvalue weighted by atomic mass is 35.5. The summed E-state index contributed by atoms with van der Waals surface area (Å²) in [5, 5.41) is 4.13. The lowest BCUT2D eigenvalue weighted by molar-refractivity contribution is 0.240. The lowest BCUT2D eigenvalue weighted by Crippen LogP contribution is -2.36. The number of nitrogens with one attached hydrogen (secondary N) is 1. The zero-order chi connectivity index (χ0) is 10.7. The van der Waals surface area contributed by atoms with E-state index in [2.05, 4.69) is 17.2 Å². The van der Waals surface area contributed by atoms with Gasteiger partial charge in [-0.05, 0) is 31.7 Å². The van der Waals surface area contributed by atoms with Gasteiger partial charge in [0.25, 0.3) is 0 Å². The smallest absolute Gasteiger partial charge is 0.133 e. The molecule has 1 fully saturated rings. The molecule has 0 saturated heterocycles. The van der Waals surface area contributed by atoms with Crippen molar-refractivity contribution in [2.75, 3.05) is 0 Å². The van der Waals surface area contributed by atoms with Crippen LogP contribution in [0.1, 0.15) is 31.7 Å². The van der Waals surface area contributed by atoms with Gasteiger partial charge in [-0.1, -0.05) is 24.1 Å². The first kappa shape index (κ1) is 10.9. The van der Waals surface area contributed by atoms with E-state index in [9.17, 15) is 0 Å². The molecule has 0 aliphatic heterocycles. The van der Waals surface area contributed by atoms with E-state index in [0.29, 0.717) is 11.2 Å². The molecule has 3 heteroatoms. The van der Waals surface area contributed by atoms with E-state index >= 15 is 0 Å². The first-order valence-electron chi connectivity index (χ1n) is 5.60. The average Bonchev–Trinajstić information content (AvgIpc) is 2.14. The summed E-state index contributed by atoms with van der Waals surface area (Å²) in [6.45, 7) is 3.08. The highest BCUT2D eigenvalue weighted by Crippen LogP contribution is 2.29. The van der Waals surface area contributed by atoms with E-state index in [1.807, 2.05) is 12.1 Å². The van der Waals surface area contributed by atoms with Gasteiger partial charge in [0.05, 0.1) is 0 Å². The van der Waals surface area contributed by atoms with Crippen LogP contribution >= 0.6 is 11.6 Å². The molecule has 0 spiro atoms. The van der Waals surface area contributed by atoms with Gasteiger partial charge in [-0.25, -0.2) is 4.98 Å². The number of hydrogen-bond acceptors (Lipinski definition) is 2. The Hall–Kier alpha value is -0.600. The molecule has 0 radical (unpaired) electrons. The topological polar surface area (TPSA) is 24.9 Å². The van der Waals surface area contributed by atoms with Crippen LogP contribution in [0, 0.1) is 5.92 Å². The Labute approximate surface area is 96.1 Å². The molecule has 15 heavy (non-hydrogen) atoms. The Balaban J connectivity index is 1.84. The number of hydrogen-bond donors (Lipinski definition) is 1. The Morgan fingerprint density at radius 1 is 1.60 bits per heavy atom. The van der Waals surface area contributed by atoms with Gasteiger partial charge in [-0.3, -0.25) is 0 Å². The number of rotatable bonds is 4. The second-order valence-electron chi connectivity index (χ2n) is 4.31. The third-order valence-corrected chi connectivity index (χ3v) is 3.65. The molecule has 1 unspecified atom stereocenters. The average molecular weight is 225 g/mol. The predicted octanol–water partition coefficient (Wildman–Crippen LogP) is 3.01. The van der Waals surface area contributed by atoms with Crippen LogP contribution in [0.15, 0.2) is 18.3 Å². The van der Waals surface area contributed by atoms with E-state index in [4.69, 9.17) is 11.6 Å². The lowest BCUT2D eigenvalue weighted by Gasteiger charge is -2.32. The molecular weight excluding hydrogens is 208 g/mol. The molecule has 1 aromatic heterocycles. The van der Waals surface area contributed by atoms with Gasteiger partial charge in [0.15, 0.2) is 0 Å². The molecule has 2 rings (SSSR count). The molecule has 82 valence electrons. The van der Waals surface area contributed by atoms with Crippen LogP contribution in [-0.4, -0.2) is 11.0 Å². The first-order valence-corrected chi connectivity index (χ1v) is 5.98. The third-order valence-electron chi connectivity index (χ3n) is 3.31. The van der Waals surface area contributed by atoms with Crippen molar-refractivity contribution in [3.63, 3.8) is 0 Å². The van der Waals surface area contributed by atoms with Crippen molar-refractivity contribution in [1.82, 2.24) is 10.3 Å². The summed E-state index contributed by atoms with van der Waals surface area (Å²) >= 11 is 5.98. The number of aromatic nitrogens is 1. The maximum Gasteiger partial charge on any atom is 0.133 e. The summed E-state index contributed by atoms with van der Waals surface area (Å²) in [5.41, 5.74) is 1.09. The quantitative estimate of drug-likeness (QED) is 0.796. The molecule has 0 aromatic carbocycles. The van der Waals surface area contributed by atoms with Crippen LogP contribution in [0.4, 0.5) is 0 Å². The van der Waals surface area contributed by atoms with Gasteiger partial charge in [0, 0.05) is 24.3 Å². The first-order chi connectivity index (χ1) is 7.27. The Bertz CT molecular complexity index is 323. The summed E-state index contributed by atoms with van der Waals surface area (Å²) in [5.74, 6) is 0.862. The standard InChI is InChI=1S/C12H17ClN2/c1-9(10-4-2-5-10)15-8-11-6-3-7-14-12(11)13/h3,6-7,9-10,15H,2,4-5,8H2,1H3. The third kappa shape index (κ3) is 2.70. The molecule has 1 aromatic rings. The zero-order valence-electron chi connectivity index (χ0n) is 9.04. The minimum absolute atomic E-state index is 0.593. The fraction of sp³-hybridized carbons (Fsp3) is 0.583. The van der Waals surface area contributed by atoms with Crippen molar-refractivity contribution < 1.29 is 0 Å². The van der Waals surface area contributed by atoms with Crippen LogP contribution in [-0.2, 0) is 6.54 Å². The second-order valence-corrected chi connectivity index (χ2v) is 4.67. The van der Waals surface area contributed by atoms with Crippen molar-refractivity contribution in [1.29, 1.82) is 0 Å². The van der Waals surface area contributed by atoms with E-state index < -0.39 is 0 Å². The van der Waals surface area contributed by atoms with Crippen molar-refractivity contribution in [3.8, 4) is 0 Å². The molecule has 1 aliphatic rings. The van der Waals surface area contributed by atoms with Crippen LogP contribution in [0.5, 0.6) is 0 Å². The van der Waals surface area contributed by atoms with E-state index in [1.165, 1.54) is 19.3 Å². The molecule has 1 atom stereocenters. The summed E-state index contributed by atoms with van der Waals surface area (Å²) in [7, 11) is 0. The number of pyridine rings is 1. The summed E-state index contributed by atoms with van der Waals surface area (Å²) in [4.78, 5) is 4.06. The fourth-order valence-electron chi connectivity index (χ4n) is 1.93. The highest BCUT2D eigenvalue weighted by molar-refractivity contribution is 6.30. The van der Waals surface area contributed by atoms with Crippen LogP contribution in [0.2, 0.25) is 5.15 Å². The normalized spacial score (nSPS) is 18.5. The van der Waals surface area contributed by atoms with Gasteiger partial charge >= 0.3 is 0 Å². The molecule has 1 aliphatic carbocycles. The van der Waals surface area contributed by atoms with Gasteiger partial charge in [0.2, 0.25) is 0 Å². The van der Waals surface area contributed by atoms with E-state index in [0.717, 1.165) is 18.0 Å². The molecule has 1 saturated carbocycles. The lowest BCUT2D eigenvalue weighted by atomic mass is 9.80. The van der Waals surface area contributed by atoms with Crippen LogP contribution in [0.25, 0.3) is 0 Å².